The van der Waals surface area contributed by atoms with Crippen molar-refractivity contribution in [1.82, 2.24) is 15.2 Å². The molecule has 0 aliphatic carbocycles. The van der Waals surface area contributed by atoms with E-state index in [2.05, 4.69) is 15.2 Å². The lowest BCUT2D eigenvalue weighted by Crippen LogP contribution is -2.37. The smallest absolute Gasteiger partial charge is 0.225 e. The molecule has 0 saturated carbocycles. The first-order valence-corrected chi connectivity index (χ1v) is 8.84. The largest absolute Gasteiger partial charge is 0.373 e. The number of likely N-dealkylation sites (N-methyl/N-ethyl adjacent to an activating group) is 1. The van der Waals surface area contributed by atoms with Gasteiger partial charge < -0.3 is 15.1 Å². The van der Waals surface area contributed by atoms with Crippen molar-refractivity contribution in [3.63, 3.8) is 0 Å². The monoisotopic (exact) mass is 352 g/mol. The molecule has 1 fully saturated rings. The minimum atomic E-state index is -0.277. The molecular weight excluding hydrogens is 328 g/mol. The number of anilines is 1. The van der Waals surface area contributed by atoms with E-state index in [1.807, 2.05) is 49.5 Å². The summed E-state index contributed by atoms with van der Waals surface area (Å²) in [5.74, 6) is -0.301. The van der Waals surface area contributed by atoms with Crippen molar-refractivity contribution in [2.75, 3.05) is 31.6 Å². The molecule has 1 aliphatic heterocycles. The third kappa shape index (κ3) is 4.59. The van der Waals surface area contributed by atoms with Gasteiger partial charge in [0, 0.05) is 57.7 Å². The molecule has 1 saturated heterocycles. The molecule has 1 aromatic carbocycles. The number of rotatable bonds is 7. The number of amides is 2. The maximum atomic E-state index is 12.4. The van der Waals surface area contributed by atoms with Crippen LogP contribution < -0.4 is 10.2 Å². The van der Waals surface area contributed by atoms with E-state index in [1.165, 1.54) is 0 Å². The van der Waals surface area contributed by atoms with Crippen molar-refractivity contribution in [3.8, 4) is 0 Å². The second-order valence-electron chi connectivity index (χ2n) is 6.58. The van der Waals surface area contributed by atoms with Gasteiger partial charge in [0.05, 0.1) is 5.92 Å². The first-order chi connectivity index (χ1) is 12.6. The fourth-order valence-corrected chi connectivity index (χ4v) is 3.12. The molecule has 2 heterocycles. The van der Waals surface area contributed by atoms with E-state index in [0.717, 1.165) is 17.8 Å². The first kappa shape index (κ1) is 17.9. The van der Waals surface area contributed by atoms with Crippen LogP contribution in [0.2, 0.25) is 0 Å². The maximum Gasteiger partial charge on any atom is 0.225 e. The van der Waals surface area contributed by atoms with Crippen LogP contribution in [0, 0.1) is 5.92 Å². The maximum absolute atomic E-state index is 12.4. The van der Waals surface area contributed by atoms with Crippen LogP contribution in [0.4, 0.5) is 5.69 Å². The van der Waals surface area contributed by atoms with Crippen molar-refractivity contribution < 1.29 is 9.59 Å². The number of carbonyl (C=O) groups is 2. The normalized spacial score (nSPS) is 16.6. The molecule has 1 atom stereocenters. The fraction of sp³-hybridized carbons (Fsp3) is 0.350. The van der Waals surface area contributed by atoms with Crippen molar-refractivity contribution in [2.24, 2.45) is 5.92 Å². The number of hydrogen-bond acceptors (Lipinski definition) is 4. The minimum Gasteiger partial charge on any atom is -0.373 e. The van der Waals surface area contributed by atoms with Gasteiger partial charge in [-0.05, 0) is 23.8 Å². The summed E-state index contributed by atoms with van der Waals surface area (Å²) in [6.45, 7) is 2.24. The van der Waals surface area contributed by atoms with Gasteiger partial charge >= 0.3 is 0 Å². The second kappa shape index (κ2) is 8.47. The molecule has 2 amide bonds. The minimum absolute atomic E-state index is 0.0235. The Hall–Kier alpha value is -2.89. The third-order valence-electron chi connectivity index (χ3n) is 4.62. The Morgan fingerprint density at radius 3 is 2.81 bits per heavy atom. The Balaban J connectivity index is 1.44. The lowest BCUT2D eigenvalue weighted by atomic mass is 10.1. The number of nitrogens with zero attached hydrogens (tertiary/aromatic N) is 3. The molecule has 0 radical (unpaired) electrons. The molecule has 1 aliphatic rings. The standard InChI is InChI=1S/C20H24N4O2/c1-23(18-7-3-2-4-8-18)11-10-22-20(26)17-12-19(25)24(15-17)14-16-6-5-9-21-13-16/h2-9,13,17H,10-12,14-15H2,1H3,(H,22,26)/t17-/m0/s1. The van der Waals surface area contributed by atoms with E-state index in [-0.39, 0.29) is 24.2 Å². The van der Waals surface area contributed by atoms with E-state index in [1.54, 1.807) is 17.3 Å². The van der Waals surface area contributed by atoms with Crippen LogP contribution in [0.25, 0.3) is 0 Å². The van der Waals surface area contributed by atoms with E-state index in [0.29, 0.717) is 19.6 Å². The number of para-hydroxylation sites is 1. The average Bonchev–Trinajstić information content (AvgIpc) is 3.04. The summed E-state index contributed by atoms with van der Waals surface area (Å²) in [6.07, 6.45) is 3.73. The summed E-state index contributed by atoms with van der Waals surface area (Å²) < 4.78 is 0. The van der Waals surface area contributed by atoms with Crippen LogP contribution in [-0.2, 0) is 16.1 Å². The van der Waals surface area contributed by atoms with E-state index in [9.17, 15) is 9.59 Å². The van der Waals surface area contributed by atoms with E-state index in [4.69, 9.17) is 0 Å². The highest BCUT2D eigenvalue weighted by Crippen LogP contribution is 2.20. The van der Waals surface area contributed by atoms with Crippen LogP contribution in [0.1, 0.15) is 12.0 Å². The molecule has 0 bridgehead atoms. The lowest BCUT2D eigenvalue weighted by Gasteiger charge is -2.20. The zero-order chi connectivity index (χ0) is 18.4. The molecule has 26 heavy (non-hydrogen) atoms. The van der Waals surface area contributed by atoms with E-state index >= 15 is 0 Å². The highest BCUT2D eigenvalue weighted by molar-refractivity contribution is 5.89. The number of likely N-dealkylation sites (tertiary alicyclic amines) is 1. The Labute approximate surface area is 153 Å². The van der Waals surface area contributed by atoms with Crippen LogP contribution >= 0.6 is 0 Å². The van der Waals surface area contributed by atoms with Gasteiger partial charge in [0.2, 0.25) is 11.8 Å². The Bertz CT molecular complexity index is 736. The zero-order valence-corrected chi connectivity index (χ0v) is 15.0. The van der Waals surface area contributed by atoms with Gasteiger partial charge in [-0.25, -0.2) is 0 Å². The van der Waals surface area contributed by atoms with Crippen LogP contribution in [0.15, 0.2) is 54.9 Å². The summed E-state index contributed by atoms with van der Waals surface area (Å²) in [4.78, 5) is 32.5. The summed E-state index contributed by atoms with van der Waals surface area (Å²) in [6, 6.07) is 13.8. The van der Waals surface area contributed by atoms with E-state index < -0.39 is 0 Å². The third-order valence-corrected chi connectivity index (χ3v) is 4.62. The van der Waals surface area contributed by atoms with Gasteiger partial charge in [-0.15, -0.1) is 0 Å². The summed E-state index contributed by atoms with van der Waals surface area (Å²) in [5.41, 5.74) is 2.09. The SMILES string of the molecule is CN(CCNC(=O)[C@H]1CC(=O)N(Cc2cccnc2)C1)c1ccccc1. The molecular formula is C20H24N4O2. The van der Waals surface area contributed by atoms with Crippen molar-refractivity contribution in [2.45, 2.75) is 13.0 Å². The highest BCUT2D eigenvalue weighted by Gasteiger charge is 2.34. The molecule has 136 valence electrons. The molecule has 1 N–H and O–H groups in total. The number of carbonyl (C=O) groups excluding carboxylic acids is 2. The predicted octanol–water partition coefficient (Wildman–Crippen LogP) is 1.68. The quantitative estimate of drug-likeness (QED) is 0.823. The summed E-state index contributed by atoms with van der Waals surface area (Å²) >= 11 is 0. The molecule has 2 aromatic rings. The zero-order valence-electron chi connectivity index (χ0n) is 15.0. The molecule has 6 nitrogen and oxygen atoms in total. The first-order valence-electron chi connectivity index (χ1n) is 8.84. The van der Waals surface area contributed by atoms with Crippen molar-refractivity contribution in [1.29, 1.82) is 0 Å². The predicted molar refractivity (Wildman–Crippen MR) is 100 cm³/mol. The topological polar surface area (TPSA) is 65.5 Å². The van der Waals surface area contributed by atoms with Gasteiger partial charge in [-0.3, -0.25) is 14.6 Å². The number of aromatic nitrogens is 1. The number of nitrogens with one attached hydrogen (secondary N) is 1. The van der Waals surface area contributed by atoms with Crippen LogP contribution in [0.3, 0.4) is 0 Å². The Morgan fingerprint density at radius 1 is 1.27 bits per heavy atom. The molecule has 6 heteroatoms. The molecule has 3 rings (SSSR count). The van der Waals surface area contributed by atoms with Crippen molar-refractivity contribution >= 4 is 17.5 Å². The van der Waals surface area contributed by atoms with Gasteiger partial charge in [0.25, 0.3) is 0 Å². The molecule has 0 unspecified atom stereocenters. The number of hydrogen-bond donors (Lipinski definition) is 1. The highest BCUT2D eigenvalue weighted by atomic mass is 16.2. The Kier molecular flexibility index (Phi) is 5.84. The number of pyridine rings is 1. The van der Waals surface area contributed by atoms with Gasteiger partial charge in [0.1, 0.15) is 0 Å². The average molecular weight is 352 g/mol. The summed E-state index contributed by atoms with van der Waals surface area (Å²) in [7, 11) is 2.00. The lowest BCUT2D eigenvalue weighted by molar-refractivity contribution is -0.129. The summed E-state index contributed by atoms with van der Waals surface area (Å²) in [5, 5.41) is 2.96. The Morgan fingerprint density at radius 2 is 2.08 bits per heavy atom. The second-order valence-corrected chi connectivity index (χ2v) is 6.58. The molecule has 1 aromatic heterocycles. The van der Waals surface area contributed by atoms with Gasteiger partial charge in [0.15, 0.2) is 0 Å². The van der Waals surface area contributed by atoms with Crippen LogP contribution in [0.5, 0.6) is 0 Å². The van der Waals surface area contributed by atoms with Crippen LogP contribution in [-0.4, -0.2) is 48.4 Å². The van der Waals surface area contributed by atoms with Gasteiger partial charge in [-0.1, -0.05) is 24.3 Å². The number of benzene rings is 1. The fourth-order valence-electron chi connectivity index (χ4n) is 3.12. The van der Waals surface area contributed by atoms with Gasteiger partial charge in [-0.2, -0.15) is 0 Å². The molecule has 0 spiro atoms. The van der Waals surface area contributed by atoms with Crippen molar-refractivity contribution in [3.05, 3.63) is 60.4 Å².